The first kappa shape index (κ1) is 20.0. The van der Waals surface area contributed by atoms with Crippen molar-refractivity contribution in [1.82, 2.24) is 9.55 Å². The van der Waals surface area contributed by atoms with Gasteiger partial charge in [-0.1, -0.05) is 33.1 Å². The molecule has 1 saturated carbocycles. The van der Waals surface area contributed by atoms with Gasteiger partial charge in [-0.15, -0.1) is 0 Å². The van der Waals surface area contributed by atoms with Crippen molar-refractivity contribution in [1.29, 1.82) is 0 Å². The highest BCUT2D eigenvalue weighted by Crippen LogP contribution is 2.41. The summed E-state index contributed by atoms with van der Waals surface area (Å²) in [6, 6.07) is 10.2. The minimum absolute atomic E-state index is 0.0951. The molecule has 160 valence electrons. The SMILES string of the molecule is CC1(C)CC(=O)c2c(n(-c3ccc(C=O)c(NC4CCCCC4)c3)c3ncccc23)C1. The second-order valence-corrected chi connectivity index (χ2v) is 9.84. The van der Waals surface area contributed by atoms with Gasteiger partial charge in [-0.25, -0.2) is 4.98 Å². The van der Waals surface area contributed by atoms with E-state index in [1.54, 1.807) is 6.20 Å². The summed E-state index contributed by atoms with van der Waals surface area (Å²) in [4.78, 5) is 29.5. The molecule has 1 N–H and O–H groups in total. The Hall–Kier alpha value is -2.95. The molecule has 0 bridgehead atoms. The lowest BCUT2D eigenvalue weighted by molar-refractivity contribution is 0.0912. The van der Waals surface area contributed by atoms with Crippen molar-refractivity contribution in [2.24, 2.45) is 5.41 Å². The van der Waals surface area contributed by atoms with Crippen LogP contribution in [0.4, 0.5) is 5.69 Å². The molecule has 2 heterocycles. The van der Waals surface area contributed by atoms with Crippen molar-refractivity contribution in [3.05, 3.63) is 53.3 Å². The number of nitrogens with one attached hydrogen (secondary N) is 1. The van der Waals surface area contributed by atoms with E-state index < -0.39 is 0 Å². The summed E-state index contributed by atoms with van der Waals surface area (Å²) >= 11 is 0. The average Bonchev–Trinajstić information content (AvgIpc) is 3.07. The molecule has 1 aromatic carbocycles. The second-order valence-electron chi connectivity index (χ2n) is 9.84. The maximum absolute atomic E-state index is 13.1. The van der Waals surface area contributed by atoms with E-state index in [1.807, 2.05) is 24.3 Å². The number of rotatable bonds is 4. The smallest absolute Gasteiger partial charge is 0.165 e. The minimum Gasteiger partial charge on any atom is -0.382 e. The first-order chi connectivity index (χ1) is 15.0. The van der Waals surface area contributed by atoms with Crippen LogP contribution in [0.2, 0.25) is 0 Å². The summed E-state index contributed by atoms with van der Waals surface area (Å²) in [5.74, 6) is 0.188. The van der Waals surface area contributed by atoms with Gasteiger partial charge in [0, 0.05) is 52.2 Å². The summed E-state index contributed by atoms with van der Waals surface area (Å²) < 4.78 is 2.13. The fourth-order valence-electron chi connectivity index (χ4n) is 5.34. The van der Waals surface area contributed by atoms with Crippen molar-refractivity contribution in [3.8, 4) is 5.69 Å². The van der Waals surface area contributed by atoms with Gasteiger partial charge in [0.05, 0.1) is 0 Å². The van der Waals surface area contributed by atoms with Gasteiger partial charge >= 0.3 is 0 Å². The van der Waals surface area contributed by atoms with E-state index in [1.165, 1.54) is 19.3 Å². The lowest BCUT2D eigenvalue weighted by Crippen LogP contribution is -2.28. The van der Waals surface area contributed by atoms with Crippen molar-refractivity contribution in [3.63, 3.8) is 0 Å². The summed E-state index contributed by atoms with van der Waals surface area (Å²) in [6.45, 7) is 4.30. The van der Waals surface area contributed by atoms with Crippen LogP contribution in [0.15, 0.2) is 36.5 Å². The molecular weight excluding hydrogens is 386 g/mol. The van der Waals surface area contributed by atoms with Gasteiger partial charge in [-0.3, -0.25) is 14.2 Å². The molecule has 31 heavy (non-hydrogen) atoms. The minimum atomic E-state index is -0.0951. The molecule has 2 aliphatic rings. The van der Waals surface area contributed by atoms with Crippen molar-refractivity contribution < 1.29 is 9.59 Å². The summed E-state index contributed by atoms with van der Waals surface area (Å²) in [5, 5.41) is 4.54. The van der Waals surface area contributed by atoms with Crippen molar-refractivity contribution in [2.75, 3.05) is 5.32 Å². The number of aromatic nitrogens is 2. The number of carbonyl (C=O) groups excluding carboxylic acids is 2. The maximum atomic E-state index is 13.1. The number of pyridine rings is 1. The number of hydrogen-bond donors (Lipinski definition) is 1. The highest BCUT2D eigenvalue weighted by Gasteiger charge is 2.36. The Bertz CT molecular complexity index is 1170. The van der Waals surface area contributed by atoms with Crippen LogP contribution in [0.1, 0.15) is 78.8 Å². The van der Waals surface area contributed by atoms with Gasteiger partial charge in [0.1, 0.15) is 5.65 Å². The lowest BCUT2D eigenvalue weighted by atomic mass is 9.75. The van der Waals surface area contributed by atoms with E-state index in [-0.39, 0.29) is 11.2 Å². The van der Waals surface area contributed by atoms with Crippen LogP contribution in [0.3, 0.4) is 0 Å². The number of aldehydes is 1. The van der Waals surface area contributed by atoms with Gasteiger partial charge in [-0.2, -0.15) is 0 Å². The predicted molar refractivity (Wildman–Crippen MR) is 123 cm³/mol. The third-order valence-electron chi connectivity index (χ3n) is 6.78. The van der Waals surface area contributed by atoms with Crippen LogP contribution >= 0.6 is 0 Å². The lowest BCUT2D eigenvalue weighted by Gasteiger charge is -2.30. The largest absolute Gasteiger partial charge is 0.382 e. The summed E-state index contributed by atoms with van der Waals surface area (Å²) in [5.41, 5.74) is 5.03. The fraction of sp³-hybridized carbons (Fsp3) is 0.423. The molecule has 0 radical (unpaired) electrons. The van der Waals surface area contributed by atoms with E-state index in [2.05, 4.69) is 34.8 Å². The highest BCUT2D eigenvalue weighted by atomic mass is 16.1. The van der Waals surface area contributed by atoms with Crippen LogP contribution in [0.5, 0.6) is 0 Å². The van der Waals surface area contributed by atoms with Gasteiger partial charge in [0.25, 0.3) is 0 Å². The van der Waals surface area contributed by atoms with E-state index >= 15 is 0 Å². The number of anilines is 1. The Morgan fingerprint density at radius 1 is 1.13 bits per heavy atom. The third-order valence-corrected chi connectivity index (χ3v) is 6.78. The molecule has 5 nitrogen and oxygen atoms in total. The molecule has 0 amide bonds. The fourth-order valence-corrected chi connectivity index (χ4v) is 5.34. The van der Waals surface area contributed by atoms with Crippen LogP contribution in [0, 0.1) is 5.41 Å². The molecule has 1 fully saturated rings. The number of ketones is 1. The van der Waals surface area contributed by atoms with Crippen LogP contribution in [-0.2, 0) is 6.42 Å². The Kier molecular flexibility index (Phi) is 4.92. The van der Waals surface area contributed by atoms with Crippen LogP contribution in [0.25, 0.3) is 16.7 Å². The Labute approximate surface area is 182 Å². The molecule has 0 aliphatic heterocycles. The van der Waals surface area contributed by atoms with Crippen molar-refractivity contribution in [2.45, 2.75) is 64.8 Å². The Morgan fingerprint density at radius 3 is 2.71 bits per heavy atom. The third kappa shape index (κ3) is 3.56. The van der Waals surface area contributed by atoms with E-state index in [0.717, 1.165) is 59.2 Å². The van der Waals surface area contributed by atoms with Crippen molar-refractivity contribution >= 4 is 28.8 Å². The van der Waals surface area contributed by atoms with Crippen LogP contribution < -0.4 is 5.32 Å². The molecular formula is C26H29N3O2. The van der Waals surface area contributed by atoms with Gasteiger partial charge in [-0.05, 0) is 55.0 Å². The zero-order valence-corrected chi connectivity index (χ0v) is 18.3. The topological polar surface area (TPSA) is 64.0 Å². The number of Topliss-reactive ketones (excluding diaryl/α,β-unsaturated/α-hetero) is 1. The summed E-state index contributed by atoms with van der Waals surface area (Å²) in [7, 11) is 0. The first-order valence-electron chi connectivity index (χ1n) is 11.3. The Morgan fingerprint density at radius 2 is 1.94 bits per heavy atom. The number of carbonyl (C=O) groups is 2. The standard InChI is InChI=1S/C26H29N3O2/c1-26(2)14-22-24(23(31)15-26)20-9-6-12-27-25(20)29(22)19-11-10-17(16-30)21(13-19)28-18-7-4-3-5-8-18/h6,9-13,16,18,28H,3-5,7-8,14-15H2,1-2H3. The van der Waals surface area contributed by atoms with E-state index in [0.29, 0.717) is 18.0 Å². The molecule has 2 aliphatic carbocycles. The molecule has 0 saturated heterocycles. The van der Waals surface area contributed by atoms with Gasteiger partial charge < -0.3 is 5.32 Å². The first-order valence-corrected chi connectivity index (χ1v) is 11.3. The predicted octanol–water partition coefficient (Wildman–Crippen LogP) is 5.74. The average molecular weight is 416 g/mol. The number of fused-ring (bicyclic) bond motifs is 3. The maximum Gasteiger partial charge on any atom is 0.165 e. The van der Waals surface area contributed by atoms with Crippen LogP contribution in [-0.4, -0.2) is 27.7 Å². The Balaban J connectivity index is 1.67. The number of benzene rings is 1. The molecule has 0 atom stereocenters. The molecule has 0 spiro atoms. The van der Waals surface area contributed by atoms with Gasteiger partial charge in [0.2, 0.25) is 0 Å². The molecule has 5 rings (SSSR count). The zero-order chi connectivity index (χ0) is 21.6. The van der Waals surface area contributed by atoms with Gasteiger partial charge in [0.15, 0.2) is 12.1 Å². The van der Waals surface area contributed by atoms with E-state index in [9.17, 15) is 9.59 Å². The highest BCUT2D eigenvalue weighted by molar-refractivity contribution is 6.10. The normalized spacial score (nSPS) is 18.7. The van der Waals surface area contributed by atoms with E-state index in [4.69, 9.17) is 0 Å². The second kappa shape index (κ2) is 7.63. The molecule has 2 aromatic heterocycles. The zero-order valence-electron chi connectivity index (χ0n) is 18.3. The quantitative estimate of drug-likeness (QED) is 0.552. The molecule has 3 aromatic rings. The summed E-state index contributed by atoms with van der Waals surface area (Å²) in [6.07, 6.45) is 10.1. The molecule has 0 unspecified atom stereocenters. The monoisotopic (exact) mass is 415 g/mol. The molecule has 5 heteroatoms. The number of nitrogens with zero attached hydrogens (tertiary/aromatic N) is 2. The number of hydrogen-bond acceptors (Lipinski definition) is 4.